The summed E-state index contributed by atoms with van der Waals surface area (Å²) in [5, 5.41) is 0. The molecule has 0 aromatic carbocycles. The van der Waals surface area contributed by atoms with E-state index in [2.05, 4.69) is 6.92 Å². The SMILES string of the molecule is CCCCCCC(B1OC(C)(C)C(C)(C)O1)/C(B1OC(C)(C)C(C)(C)O1)=C(\C)CC(C(=O)OC)C(=O)OC. The van der Waals surface area contributed by atoms with Crippen LogP contribution in [0.1, 0.15) is 108 Å². The number of hydrogen-bond acceptors (Lipinski definition) is 8. The summed E-state index contributed by atoms with van der Waals surface area (Å²) in [5.41, 5.74) is -0.522. The molecule has 0 spiro atoms. The van der Waals surface area contributed by atoms with Gasteiger partial charge in [0.1, 0.15) is 0 Å². The van der Waals surface area contributed by atoms with Crippen LogP contribution in [0, 0.1) is 5.92 Å². The lowest BCUT2D eigenvalue weighted by Gasteiger charge is -2.32. The summed E-state index contributed by atoms with van der Waals surface area (Å²) >= 11 is 0. The van der Waals surface area contributed by atoms with E-state index in [9.17, 15) is 9.59 Å². The smallest absolute Gasteiger partial charge is 0.468 e. The van der Waals surface area contributed by atoms with Crippen LogP contribution in [-0.2, 0) is 37.7 Å². The molecule has 0 amide bonds. The van der Waals surface area contributed by atoms with E-state index in [0.717, 1.165) is 43.1 Å². The van der Waals surface area contributed by atoms with Gasteiger partial charge in [0.2, 0.25) is 0 Å². The van der Waals surface area contributed by atoms with Crippen molar-refractivity contribution in [2.45, 2.75) is 136 Å². The summed E-state index contributed by atoms with van der Waals surface area (Å²) in [6.07, 6.45) is 5.21. The minimum atomic E-state index is -1.10. The van der Waals surface area contributed by atoms with Gasteiger partial charge in [-0.3, -0.25) is 9.59 Å². The third-order valence-electron chi connectivity index (χ3n) is 8.85. The molecule has 8 nitrogen and oxygen atoms in total. The first-order chi connectivity index (χ1) is 17.4. The van der Waals surface area contributed by atoms with Crippen LogP contribution < -0.4 is 0 Å². The van der Waals surface area contributed by atoms with Crippen LogP contribution in [0.2, 0.25) is 5.82 Å². The number of hydrogen-bond donors (Lipinski definition) is 0. The van der Waals surface area contributed by atoms with E-state index in [1.807, 2.05) is 62.3 Å². The Morgan fingerprint density at radius 3 is 1.61 bits per heavy atom. The Balaban J connectivity index is 2.63. The van der Waals surface area contributed by atoms with Crippen LogP contribution in [-0.4, -0.2) is 62.8 Å². The number of allylic oxidation sites excluding steroid dienone is 2. The third-order valence-corrected chi connectivity index (χ3v) is 8.85. The van der Waals surface area contributed by atoms with Crippen molar-refractivity contribution in [2.75, 3.05) is 14.2 Å². The molecule has 0 aromatic rings. The molecule has 0 radical (unpaired) electrons. The van der Waals surface area contributed by atoms with Crippen molar-refractivity contribution in [2.24, 2.45) is 5.92 Å². The van der Waals surface area contributed by atoms with Gasteiger partial charge in [-0.05, 0) is 80.6 Å². The van der Waals surface area contributed by atoms with Crippen molar-refractivity contribution < 1.29 is 37.7 Å². The molecule has 0 N–H and O–H groups in total. The highest BCUT2D eigenvalue weighted by molar-refractivity contribution is 6.61. The van der Waals surface area contributed by atoms with Gasteiger partial charge in [0.15, 0.2) is 5.92 Å². The minimum Gasteiger partial charge on any atom is -0.468 e. The van der Waals surface area contributed by atoms with Crippen LogP contribution in [0.25, 0.3) is 0 Å². The molecule has 0 saturated carbocycles. The maximum Gasteiger partial charge on any atom is 0.490 e. The molecule has 2 fully saturated rings. The predicted molar refractivity (Wildman–Crippen MR) is 150 cm³/mol. The van der Waals surface area contributed by atoms with Gasteiger partial charge in [-0.2, -0.15) is 0 Å². The fraction of sp³-hybridized carbons (Fsp3) is 0.857. The zero-order valence-corrected chi connectivity index (χ0v) is 25.8. The summed E-state index contributed by atoms with van der Waals surface area (Å²) in [4.78, 5) is 25.2. The molecule has 2 aliphatic rings. The topological polar surface area (TPSA) is 89.5 Å². The van der Waals surface area contributed by atoms with Crippen molar-refractivity contribution in [3.05, 3.63) is 11.0 Å². The monoisotopic (exact) mass is 536 g/mol. The predicted octanol–water partition coefficient (Wildman–Crippen LogP) is 5.72. The van der Waals surface area contributed by atoms with Crippen molar-refractivity contribution in [3.63, 3.8) is 0 Å². The van der Waals surface area contributed by atoms with Gasteiger partial charge in [-0.1, -0.05) is 38.2 Å². The fourth-order valence-electron chi connectivity index (χ4n) is 4.92. The lowest BCUT2D eigenvalue weighted by Crippen LogP contribution is -2.41. The van der Waals surface area contributed by atoms with Crippen molar-refractivity contribution in [1.29, 1.82) is 0 Å². The van der Waals surface area contributed by atoms with E-state index in [1.54, 1.807) is 0 Å². The highest BCUT2D eigenvalue weighted by Gasteiger charge is 2.59. The number of ether oxygens (including phenoxy) is 2. The summed E-state index contributed by atoms with van der Waals surface area (Å²) in [6.45, 7) is 20.3. The van der Waals surface area contributed by atoms with E-state index < -0.39 is 54.5 Å². The second kappa shape index (κ2) is 12.4. The van der Waals surface area contributed by atoms with Gasteiger partial charge < -0.3 is 28.1 Å². The second-order valence-corrected chi connectivity index (χ2v) is 12.7. The molecule has 2 saturated heterocycles. The molecule has 2 aliphatic heterocycles. The zero-order chi connectivity index (χ0) is 29.1. The van der Waals surface area contributed by atoms with Gasteiger partial charge in [0.25, 0.3) is 0 Å². The standard InChI is InChI=1S/C28H50B2O8/c1-13-14-15-16-17-21(29-35-25(3,4)26(5,6)36-29)22(30-37-27(7,8)28(9,10)38-30)19(2)18-20(23(31)33-11)24(32)34-12/h20-21H,13-18H2,1-12H3/b22-19-. The van der Waals surface area contributed by atoms with Gasteiger partial charge >= 0.3 is 26.2 Å². The zero-order valence-electron chi connectivity index (χ0n) is 25.8. The number of carbonyl (C=O) groups is 2. The molecular weight excluding hydrogens is 486 g/mol. The number of methoxy groups -OCH3 is 2. The van der Waals surface area contributed by atoms with E-state index in [0.29, 0.717) is 0 Å². The third kappa shape index (κ3) is 7.04. The summed E-state index contributed by atoms with van der Waals surface area (Å²) in [5.74, 6) is -2.58. The Morgan fingerprint density at radius 2 is 1.18 bits per heavy atom. The Morgan fingerprint density at radius 1 is 0.737 bits per heavy atom. The van der Waals surface area contributed by atoms with E-state index in [-0.39, 0.29) is 12.2 Å². The Kier molecular flexibility index (Phi) is 10.8. The molecule has 0 aromatic heterocycles. The van der Waals surface area contributed by atoms with Crippen LogP contribution in [0.3, 0.4) is 0 Å². The second-order valence-electron chi connectivity index (χ2n) is 12.7. The number of rotatable bonds is 12. The lowest BCUT2D eigenvalue weighted by atomic mass is 9.54. The normalized spacial score (nSPS) is 22.9. The number of unbranched alkanes of at least 4 members (excludes halogenated alkanes) is 3. The van der Waals surface area contributed by atoms with Crippen LogP contribution in [0.5, 0.6) is 0 Å². The molecule has 2 heterocycles. The Bertz CT molecular complexity index is 832. The molecule has 2 rings (SSSR count). The maximum atomic E-state index is 12.6. The molecule has 1 unspecified atom stereocenters. The molecule has 10 heteroatoms. The summed E-state index contributed by atoms with van der Waals surface area (Å²) < 4.78 is 36.1. The van der Waals surface area contributed by atoms with Crippen molar-refractivity contribution >= 4 is 26.2 Å². The fourth-order valence-corrected chi connectivity index (χ4v) is 4.92. The van der Waals surface area contributed by atoms with Crippen molar-refractivity contribution in [1.82, 2.24) is 0 Å². The minimum absolute atomic E-state index is 0.115. The highest BCUT2D eigenvalue weighted by atomic mass is 16.7. The quantitative estimate of drug-likeness (QED) is 0.136. The largest absolute Gasteiger partial charge is 0.490 e. The van der Waals surface area contributed by atoms with E-state index >= 15 is 0 Å². The van der Waals surface area contributed by atoms with Crippen LogP contribution in [0.15, 0.2) is 11.0 Å². The van der Waals surface area contributed by atoms with E-state index in [4.69, 9.17) is 28.1 Å². The average molecular weight is 536 g/mol. The number of carbonyl (C=O) groups excluding carboxylic acids is 2. The summed E-state index contributed by atoms with van der Waals surface area (Å²) in [7, 11) is 1.31. The van der Waals surface area contributed by atoms with Gasteiger partial charge in [0.05, 0.1) is 36.6 Å². The molecule has 0 bridgehead atoms. The molecular formula is C28H50B2O8. The highest BCUT2D eigenvalue weighted by Crippen LogP contribution is 2.48. The van der Waals surface area contributed by atoms with E-state index in [1.165, 1.54) is 14.2 Å². The van der Waals surface area contributed by atoms with Gasteiger partial charge in [-0.25, -0.2) is 0 Å². The van der Waals surface area contributed by atoms with Crippen molar-refractivity contribution in [3.8, 4) is 0 Å². The molecule has 1 atom stereocenters. The Labute approximate surface area is 231 Å². The first kappa shape index (κ1) is 32.9. The first-order valence-electron chi connectivity index (χ1n) is 14.0. The lowest BCUT2D eigenvalue weighted by molar-refractivity contribution is -0.158. The maximum absolute atomic E-state index is 12.6. The van der Waals surface area contributed by atoms with Crippen LogP contribution in [0.4, 0.5) is 0 Å². The van der Waals surface area contributed by atoms with Gasteiger partial charge in [-0.15, -0.1) is 0 Å². The number of esters is 2. The van der Waals surface area contributed by atoms with Crippen LogP contribution >= 0.6 is 0 Å². The first-order valence-corrected chi connectivity index (χ1v) is 14.0. The average Bonchev–Trinajstić information content (AvgIpc) is 3.17. The molecule has 38 heavy (non-hydrogen) atoms. The molecule has 0 aliphatic carbocycles. The molecule has 216 valence electrons. The Hall–Kier alpha value is -1.35. The summed E-state index contributed by atoms with van der Waals surface area (Å²) in [6, 6.07) is 0. The van der Waals surface area contributed by atoms with Gasteiger partial charge in [0, 0.05) is 5.82 Å².